The highest BCUT2D eigenvalue weighted by molar-refractivity contribution is 5.68. The molecule has 84 valence electrons. The number of methoxy groups -OCH3 is 1. The molecule has 4 heteroatoms. The van der Waals surface area contributed by atoms with Gasteiger partial charge in [0.05, 0.1) is 18.6 Å². The van der Waals surface area contributed by atoms with Crippen LogP contribution in [0.1, 0.15) is 27.2 Å². The number of carbonyl (C=O) groups is 1. The van der Waals surface area contributed by atoms with Crippen LogP contribution in [0.2, 0.25) is 0 Å². The molecule has 14 heavy (non-hydrogen) atoms. The molecule has 0 aromatic heterocycles. The average molecular weight is 203 g/mol. The van der Waals surface area contributed by atoms with Gasteiger partial charge in [0, 0.05) is 7.11 Å². The maximum Gasteiger partial charge on any atom is 0.305 e. The van der Waals surface area contributed by atoms with Gasteiger partial charge >= 0.3 is 5.97 Å². The lowest BCUT2D eigenvalue weighted by Crippen LogP contribution is -2.54. The van der Waals surface area contributed by atoms with E-state index >= 15 is 0 Å². The zero-order valence-electron chi connectivity index (χ0n) is 9.46. The van der Waals surface area contributed by atoms with E-state index in [4.69, 9.17) is 9.84 Å². The van der Waals surface area contributed by atoms with Gasteiger partial charge in [0.1, 0.15) is 0 Å². The van der Waals surface area contributed by atoms with Crippen molar-refractivity contribution in [2.75, 3.05) is 20.3 Å². The van der Waals surface area contributed by atoms with E-state index in [0.29, 0.717) is 6.61 Å². The molecule has 1 unspecified atom stereocenters. The number of rotatable bonds is 7. The molecule has 0 spiro atoms. The Morgan fingerprint density at radius 3 is 2.43 bits per heavy atom. The third-order valence-corrected chi connectivity index (χ3v) is 2.50. The first-order valence-corrected chi connectivity index (χ1v) is 4.94. The third kappa shape index (κ3) is 3.64. The SMILES string of the molecule is CCNC(COC)(CC(=O)O)C(C)C. The van der Waals surface area contributed by atoms with Gasteiger partial charge in [-0.05, 0) is 12.5 Å². The Balaban J connectivity index is 4.63. The molecule has 0 rings (SSSR count). The smallest absolute Gasteiger partial charge is 0.305 e. The number of ether oxygens (including phenoxy) is 1. The van der Waals surface area contributed by atoms with Gasteiger partial charge in [0.15, 0.2) is 0 Å². The third-order valence-electron chi connectivity index (χ3n) is 2.50. The van der Waals surface area contributed by atoms with Crippen LogP contribution >= 0.6 is 0 Å². The first-order chi connectivity index (χ1) is 6.48. The Kier molecular flexibility index (Phi) is 5.72. The number of aliphatic carboxylic acids is 1. The second kappa shape index (κ2) is 5.98. The molecule has 0 saturated heterocycles. The van der Waals surface area contributed by atoms with Crippen LogP contribution in [0.4, 0.5) is 0 Å². The Morgan fingerprint density at radius 1 is 1.57 bits per heavy atom. The highest BCUT2D eigenvalue weighted by Gasteiger charge is 2.35. The van der Waals surface area contributed by atoms with Gasteiger partial charge in [-0.15, -0.1) is 0 Å². The predicted molar refractivity (Wildman–Crippen MR) is 55.4 cm³/mol. The molecular weight excluding hydrogens is 182 g/mol. The summed E-state index contributed by atoms with van der Waals surface area (Å²) in [5.41, 5.74) is -0.449. The van der Waals surface area contributed by atoms with Gasteiger partial charge in [0.25, 0.3) is 0 Å². The van der Waals surface area contributed by atoms with Crippen LogP contribution in [0.5, 0.6) is 0 Å². The summed E-state index contributed by atoms with van der Waals surface area (Å²) in [6.45, 7) is 7.14. The summed E-state index contributed by atoms with van der Waals surface area (Å²) in [5.74, 6) is -0.574. The number of carboxylic acids is 1. The van der Waals surface area contributed by atoms with Crippen molar-refractivity contribution in [1.29, 1.82) is 0 Å². The molecule has 0 bridgehead atoms. The Labute approximate surface area is 85.6 Å². The normalized spacial score (nSPS) is 15.5. The van der Waals surface area contributed by atoms with Crippen LogP contribution in [0.25, 0.3) is 0 Å². The van der Waals surface area contributed by atoms with Gasteiger partial charge < -0.3 is 15.2 Å². The van der Waals surface area contributed by atoms with Gasteiger partial charge in [0.2, 0.25) is 0 Å². The summed E-state index contributed by atoms with van der Waals surface area (Å²) in [4.78, 5) is 10.8. The van der Waals surface area contributed by atoms with Crippen LogP contribution in [0.3, 0.4) is 0 Å². The number of carboxylic acid groups (broad SMARTS) is 1. The number of hydrogen-bond acceptors (Lipinski definition) is 3. The summed E-state index contributed by atoms with van der Waals surface area (Å²) in [6.07, 6.45) is 0.0896. The quantitative estimate of drug-likeness (QED) is 0.651. The minimum absolute atomic E-state index is 0.0896. The first-order valence-electron chi connectivity index (χ1n) is 4.94. The van der Waals surface area contributed by atoms with Gasteiger partial charge in [-0.25, -0.2) is 0 Å². The summed E-state index contributed by atoms with van der Waals surface area (Å²) in [7, 11) is 1.59. The van der Waals surface area contributed by atoms with Crippen LogP contribution < -0.4 is 5.32 Å². The molecule has 0 heterocycles. The fourth-order valence-corrected chi connectivity index (χ4v) is 1.62. The molecule has 1 atom stereocenters. The number of likely N-dealkylation sites (N-methyl/N-ethyl adjacent to an activating group) is 1. The summed E-state index contributed by atoms with van der Waals surface area (Å²) >= 11 is 0. The van der Waals surface area contributed by atoms with E-state index in [1.807, 2.05) is 20.8 Å². The van der Waals surface area contributed by atoms with Crippen LogP contribution in [-0.2, 0) is 9.53 Å². The highest BCUT2D eigenvalue weighted by atomic mass is 16.5. The van der Waals surface area contributed by atoms with Gasteiger partial charge in [-0.2, -0.15) is 0 Å². The second-order valence-electron chi connectivity index (χ2n) is 3.84. The molecular formula is C10H21NO3. The van der Waals surface area contributed by atoms with Crippen molar-refractivity contribution < 1.29 is 14.6 Å². The van der Waals surface area contributed by atoms with E-state index in [1.165, 1.54) is 0 Å². The Bertz CT molecular complexity index is 174. The standard InChI is InChI=1S/C10H21NO3/c1-5-11-10(7-14-4,8(2)3)6-9(12)13/h8,11H,5-7H2,1-4H3,(H,12,13). The maximum absolute atomic E-state index is 10.8. The molecule has 0 aromatic rings. The van der Waals surface area contributed by atoms with Crippen molar-refractivity contribution in [3.05, 3.63) is 0 Å². The largest absolute Gasteiger partial charge is 0.481 e. The summed E-state index contributed by atoms with van der Waals surface area (Å²) in [5, 5.41) is 12.1. The van der Waals surface area contributed by atoms with Crippen molar-refractivity contribution in [2.45, 2.75) is 32.7 Å². The molecule has 0 radical (unpaired) electrons. The first kappa shape index (κ1) is 13.4. The van der Waals surface area contributed by atoms with Crippen molar-refractivity contribution in [3.8, 4) is 0 Å². The lowest BCUT2D eigenvalue weighted by molar-refractivity contribution is -0.140. The topological polar surface area (TPSA) is 58.6 Å². The van der Waals surface area contributed by atoms with Gasteiger partial charge in [-0.1, -0.05) is 20.8 Å². The lowest BCUT2D eigenvalue weighted by Gasteiger charge is -2.36. The van der Waals surface area contributed by atoms with Crippen molar-refractivity contribution in [2.24, 2.45) is 5.92 Å². The van der Waals surface area contributed by atoms with Crippen LogP contribution in [0, 0.1) is 5.92 Å². The molecule has 4 nitrogen and oxygen atoms in total. The molecule has 0 aliphatic heterocycles. The molecule has 2 N–H and O–H groups in total. The van der Waals surface area contributed by atoms with E-state index in [9.17, 15) is 4.79 Å². The average Bonchev–Trinajstić information content (AvgIpc) is 2.03. The molecule has 0 fully saturated rings. The Morgan fingerprint density at radius 2 is 2.14 bits per heavy atom. The molecule has 0 aliphatic carbocycles. The number of nitrogens with one attached hydrogen (secondary N) is 1. The van der Waals surface area contributed by atoms with E-state index in [1.54, 1.807) is 7.11 Å². The van der Waals surface area contributed by atoms with Crippen molar-refractivity contribution in [1.82, 2.24) is 5.32 Å². The van der Waals surface area contributed by atoms with E-state index in [2.05, 4.69) is 5.32 Å². The van der Waals surface area contributed by atoms with E-state index in [-0.39, 0.29) is 12.3 Å². The molecule has 0 aliphatic rings. The van der Waals surface area contributed by atoms with Crippen LogP contribution in [-0.4, -0.2) is 36.9 Å². The van der Waals surface area contributed by atoms with E-state index < -0.39 is 11.5 Å². The second-order valence-corrected chi connectivity index (χ2v) is 3.84. The molecule has 0 saturated carbocycles. The minimum atomic E-state index is -0.795. The molecule has 0 amide bonds. The fraction of sp³-hybridized carbons (Fsp3) is 0.900. The Hall–Kier alpha value is -0.610. The van der Waals surface area contributed by atoms with Crippen LogP contribution in [0.15, 0.2) is 0 Å². The highest BCUT2D eigenvalue weighted by Crippen LogP contribution is 2.21. The van der Waals surface area contributed by atoms with Crippen molar-refractivity contribution in [3.63, 3.8) is 0 Å². The summed E-state index contributed by atoms with van der Waals surface area (Å²) in [6, 6.07) is 0. The number of hydrogen-bond donors (Lipinski definition) is 2. The fourth-order valence-electron chi connectivity index (χ4n) is 1.62. The zero-order chi connectivity index (χ0) is 11.2. The monoisotopic (exact) mass is 203 g/mol. The summed E-state index contributed by atoms with van der Waals surface area (Å²) < 4.78 is 5.10. The van der Waals surface area contributed by atoms with Crippen molar-refractivity contribution >= 4 is 5.97 Å². The lowest BCUT2D eigenvalue weighted by atomic mass is 9.84. The predicted octanol–water partition coefficient (Wildman–Crippen LogP) is 1.11. The maximum atomic E-state index is 10.8. The van der Waals surface area contributed by atoms with E-state index in [0.717, 1.165) is 6.54 Å². The minimum Gasteiger partial charge on any atom is -0.481 e. The van der Waals surface area contributed by atoms with Gasteiger partial charge in [-0.3, -0.25) is 4.79 Å². The zero-order valence-corrected chi connectivity index (χ0v) is 9.46. The molecule has 0 aromatic carbocycles.